The molecular formula is C17H18N4O2S. The summed E-state index contributed by atoms with van der Waals surface area (Å²) in [6.45, 7) is 0.943. The summed E-state index contributed by atoms with van der Waals surface area (Å²) >= 11 is 1.21. The van der Waals surface area contributed by atoms with Crippen molar-refractivity contribution in [2.24, 2.45) is 0 Å². The van der Waals surface area contributed by atoms with E-state index in [1.807, 2.05) is 54.4 Å². The van der Waals surface area contributed by atoms with E-state index in [4.69, 9.17) is 4.74 Å². The number of nitrogens with zero attached hydrogens (tertiary/aromatic N) is 3. The lowest BCUT2D eigenvalue weighted by Gasteiger charge is -2.17. The number of para-hydroxylation sites is 2. The smallest absolute Gasteiger partial charge is 0.238 e. The predicted octanol–water partition coefficient (Wildman–Crippen LogP) is 2.77. The number of methoxy groups -OCH3 is 1. The summed E-state index contributed by atoms with van der Waals surface area (Å²) in [6.07, 6.45) is 0. The summed E-state index contributed by atoms with van der Waals surface area (Å²) in [5, 5.41) is 2.88. The third-order valence-corrected chi connectivity index (χ3v) is 4.12. The molecule has 1 N–H and O–H groups in total. The number of nitrogens with one attached hydrogen (secondary N) is 1. The Hall–Kier alpha value is -2.51. The van der Waals surface area contributed by atoms with Crippen molar-refractivity contribution in [2.45, 2.75) is 6.54 Å². The van der Waals surface area contributed by atoms with Gasteiger partial charge >= 0.3 is 0 Å². The van der Waals surface area contributed by atoms with Crippen LogP contribution in [0.1, 0.15) is 5.56 Å². The van der Waals surface area contributed by atoms with Crippen LogP contribution < -0.4 is 10.1 Å². The lowest BCUT2D eigenvalue weighted by Crippen LogP contribution is -2.29. The molecule has 1 amide bonds. The number of anilines is 1. The normalized spacial score (nSPS) is 11.0. The number of benzene rings is 2. The van der Waals surface area contributed by atoms with Crippen molar-refractivity contribution in [1.29, 1.82) is 0 Å². The van der Waals surface area contributed by atoms with E-state index in [-0.39, 0.29) is 12.5 Å². The van der Waals surface area contributed by atoms with Crippen molar-refractivity contribution >= 4 is 34.4 Å². The van der Waals surface area contributed by atoms with E-state index < -0.39 is 0 Å². The van der Waals surface area contributed by atoms with Crippen molar-refractivity contribution in [1.82, 2.24) is 13.6 Å². The second kappa shape index (κ2) is 7.37. The van der Waals surface area contributed by atoms with Crippen LogP contribution in [-0.2, 0) is 11.3 Å². The van der Waals surface area contributed by atoms with E-state index in [0.29, 0.717) is 18.0 Å². The second-order valence-corrected chi connectivity index (χ2v) is 6.04. The van der Waals surface area contributed by atoms with Gasteiger partial charge in [0.05, 0.1) is 31.1 Å². The number of likely N-dealkylation sites (N-methyl/N-ethyl adjacent to an activating group) is 1. The van der Waals surface area contributed by atoms with Crippen LogP contribution in [0.3, 0.4) is 0 Å². The third-order valence-electron chi connectivity index (χ3n) is 3.57. The molecule has 0 atom stereocenters. The minimum atomic E-state index is -0.0848. The molecule has 0 unspecified atom stereocenters. The topological polar surface area (TPSA) is 67.3 Å². The summed E-state index contributed by atoms with van der Waals surface area (Å²) in [5.41, 5.74) is 3.57. The van der Waals surface area contributed by atoms with Crippen LogP contribution in [0.2, 0.25) is 0 Å². The van der Waals surface area contributed by atoms with Gasteiger partial charge in [-0.15, -0.1) is 0 Å². The van der Waals surface area contributed by atoms with Crippen molar-refractivity contribution < 1.29 is 9.53 Å². The lowest BCUT2D eigenvalue weighted by molar-refractivity contribution is -0.117. The van der Waals surface area contributed by atoms with Crippen LogP contribution in [0, 0.1) is 0 Å². The monoisotopic (exact) mass is 342 g/mol. The molecule has 0 saturated heterocycles. The second-order valence-electron chi connectivity index (χ2n) is 5.51. The van der Waals surface area contributed by atoms with Gasteiger partial charge in [0.15, 0.2) is 0 Å². The Morgan fingerprint density at radius 2 is 2.00 bits per heavy atom. The molecule has 1 heterocycles. The van der Waals surface area contributed by atoms with E-state index >= 15 is 0 Å². The Kier molecular flexibility index (Phi) is 5.02. The molecule has 7 heteroatoms. The van der Waals surface area contributed by atoms with Crippen LogP contribution in [-0.4, -0.2) is 40.3 Å². The number of rotatable bonds is 6. The van der Waals surface area contributed by atoms with Crippen molar-refractivity contribution in [3.63, 3.8) is 0 Å². The summed E-state index contributed by atoms with van der Waals surface area (Å²) in [7, 11) is 3.49. The van der Waals surface area contributed by atoms with Gasteiger partial charge < -0.3 is 10.1 Å². The third kappa shape index (κ3) is 3.87. The highest BCUT2D eigenvalue weighted by Gasteiger charge is 2.10. The molecule has 0 spiro atoms. The van der Waals surface area contributed by atoms with Crippen molar-refractivity contribution in [3.8, 4) is 5.75 Å². The van der Waals surface area contributed by atoms with Gasteiger partial charge in [-0.3, -0.25) is 9.69 Å². The molecule has 6 nitrogen and oxygen atoms in total. The summed E-state index contributed by atoms with van der Waals surface area (Å²) in [4.78, 5) is 14.2. The number of amides is 1. The van der Waals surface area contributed by atoms with Gasteiger partial charge in [-0.25, -0.2) is 0 Å². The molecule has 3 rings (SSSR count). The van der Waals surface area contributed by atoms with E-state index in [2.05, 4.69) is 14.1 Å². The van der Waals surface area contributed by atoms with E-state index in [1.54, 1.807) is 7.11 Å². The molecule has 2 aromatic carbocycles. The van der Waals surface area contributed by atoms with Crippen molar-refractivity contribution in [3.05, 3.63) is 48.0 Å². The Labute approximate surface area is 144 Å². The van der Waals surface area contributed by atoms with Crippen LogP contribution in [0.4, 0.5) is 5.69 Å². The summed E-state index contributed by atoms with van der Waals surface area (Å²) in [6, 6.07) is 13.3. The zero-order valence-corrected chi connectivity index (χ0v) is 14.3. The number of hydrogen-bond donors (Lipinski definition) is 1. The van der Waals surface area contributed by atoms with Gasteiger partial charge in [0, 0.05) is 6.54 Å². The van der Waals surface area contributed by atoms with Gasteiger partial charge in [-0.1, -0.05) is 18.2 Å². The summed E-state index contributed by atoms with van der Waals surface area (Å²) < 4.78 is 13.7. The number of carbonyl (C=O) groups is 1. The molecule has 1 aromatic heterocycles. The van der Waals surface area contributed by atoms with E-state index in [0.717, 1.165) is 16.6 Å². The Balaban J connectivity index is 1.59. The molecule has 0 aliphatic rings. The molecule has 0 aliphatic heterocycles. The fourth-order valence-electron chi connectivity index (χ4n) is 2.48. The molecule has 0 aliphatic carbocycles. The zero-order valence-electron chi connectivity index (χ0n) is 13.5. The highest BCUT2D eigenvalue weighted by Crippen LogP contribution is 2.23. The van der Waals surface area contributed by atoms with Gasteiger partial charge in [-0.05, 0) is 36.9 Å². The molecule has 0 saturated carbocycles. The fourth-order valence-corrected chi connectivity index (χ4v) is 2.99. The van der Waals surface area contributed by atoms with Gasteiger partial charge in [0.25, 0.3) is 0 Å². The van der Waals surface area contributed by atoms with E-state index in [9.17, 15) is 4.79 Å². The highest BCUT2D eigenvalue weighted by molar-refractivity contribution is 7.00. The minimum Gasteiger partial charge on any atom is -0.495 e. The van der Waals surface area contributed by atoms with Gasteiger partial charge in [-0.2, -0.15) is 8.75 Å². The SMILES string of the molecule is COc1ccccc1NC(=O)CN(C)Cc1ccc2nsnc2c1. The largest absolute Gasteiger partial charge is 0.495 e. The number of fused-ring (bicyclic) bond motifs is 1. The average Bonchev–Trinajstić information content (AvgIpc) is 3.02. The van der Waals surface area contributed by atoms with Crippen LogP contribution in [0.5, 0.6) is 5.75 Å². The van der Waals surface area contributed by atoms with Gasteiger partial charge in [0.2, 0.25) is 5.91 Å². The highest BCUT2D eigenvalue weighted by atomic mass is 32.1. The van der Waals surface area contributed by atoms with Crippen LogP contribution in [0.15, 0.2) is 42.5 Å². The maximum atomic E-state index is 12.2. The average molecular weight is 342 g/mol. The molecular weight excluding hydrogens is 324 g/mol. The number of ether oxygens (including phenoxy) is 1. The molecule has 124 valence electrons. The standard InChI is InChI=1S/C17H18N4O2S/c1-21(10-12-7-8-13-15(9-12)20-24-19-13)11-17(22)18-14-5-3-4-6-16(14)23-2/h3-9H,10-11H2,1-2H3,(H,18,22). The molecule has 0 radical (unpaired) electrons. The van der Waals surface area contributed by atoms with Crippen LogP contribution >= 0.6 is 11.7 Å². The Morgan fingerprint density at radius 1 is 1.21 bits per heavy atom. The fraction of sp³-hybridized carbons (Fsp3) is 0.235. The zero-order chi connectivity index (χ0) is 16.9. The maximum Gasteiger partial charge on any atom is 0.238 e. The molecule has 0 fully saturated rings. The van der Waals surface area contributed by atoms with Crippen molar-refractivity contribution in [2.75, 3.05) is 26.0 Å². The quantitative estimate of drug-likeness (QED) is 0.746. The number of carbonyl (C=O) groups excluding carboxylic acids is 1. The maximum absolute atomic E-state index is 12.2. The number of aromatic nitrogens is 2. The van der Waals surface area contributed by atoms with Gasteiger partial charge in [0.1, 0.15) is 16.8 Å². The first-order chi connectivity index (χ1) is 11.7. The summed E-state index contributed by atoms with van der Waals surface area (Å²) in [5.74, 6) is 0.563. The Bertz CT molecular complexity index is 849. The first-order valence-electron chi connectivity index (χ1n) is 7.48. The minimum absolute atomic E-state index is 0.0848. The predicted molar refractivity (Wildman–Crippen MR) is 95.4 cm³/mol. The van der Waals surface area contributed by atoms with Crippen LogP contribution in [0.25, 0.3) is 11.0 Å². The first-order valence-corrected chi connectivity index (χ1v) is 8.21. The molecule has 0 bridgehead atoms. The number of hydrogen-bond acceptors (Lipinski definition) is 6. The van der Waals surface area contributed by atoms with E-state index in [1.165, 1.54) is 11.7 Å². The lowest BCUT2D eigenvalue weighted by atomic mass is 10.2. The first kappa shape index (κ1) is 16.4. The Morgan fingerprint density at radius 3 is 2.83 bits per heavy atom. The molecule has 3 aromatic rings. The molecule has 24 heavy (non-hydrogen) atoms.